The minimum absolute atomic E-state index is 0.171. The monoisotopic (exact) mass is 246 g/mol. The van der Waals surface area contributed by atoms with Gasteiger partial charge in [0.1, 0.15) is 0 Å². The van der Waals surface area contributed by atoms with Crippen LogP contribution in [0.1, 0.15) is 30.4 Å². The molecule has 3 heteroatoms. The fraction of sp³-hybridized carbons (Fsp3) is 0.533. The highest BCUT2D eigenvalue weighted by Gasteiger charge is 2.44. The van der Waals surface area contributed by atoms with E-state index in [4.69, 9.17) is 5.73 Å². The van der Waals surface area contributed by atoms with Gasteiger partial charge < -0.3 is 10.6 Å². The number of anilines is 1. The average molecular weight is 246 g/mol. The van der Waals surface area contributed by atoms with Crippen LogP contribution in [0.2, 0.25) is 0 Å². The van der Waals surface area contributed by atoms with E-state index in [2.05, 4.69) is 18.2 Å². The Balaban J connectivity index is 2.28. The molecule has 0 bridgehead atoms. The van der Waals surface area contributed by atoms with Crippen molar-refractivity contribution in [1.82, 2.24) is 0 Å². The van der Waals surface area contributed by atoms with Crippen molar-refractivity contribution in [3.05, 3.63) is 29.3 Å². The maximum Gasteiger partial charge on any atom is 0.234 e. The Morgan fingerprint density at radius 2 is 2.06 bits per heavy atom. The lowest BCUT2D eigenvalue weighted by atomic mass is 9.68. The van der Waals surface area contributed by atoms with Crippen LogP contribution in [0.5, 0.6) is 0 Å². The van der Waals surface area contributed by atoms with Gasteiger partial charge in [0.2, 0.25) is 5.91 Å². The van der Waals surface area contributed by atoms with Gasteiger partial charge >= 0.3 is 0 Å². The number of hydrogen-bond acceptors (Lipinski definition) is 2. The van der Waals surface area contributed by atoms with Gasteiger partial charge in [0, 0.05) is 19.3 Å². The Bertz CT molecular complexity index is 458. The van der Waals surface area contributed by atoms with Gasteiger partial charge in [-0.1, -0.05) is 18.6 Å². The first-order valence-electron chi connectivity index (χ1n) is 6.56. The molecule has 1 aromatic rings. The molecular formula is C15H22N2O. The fourth-order valence-corrected chi connectivity index (χ4v) is 2.65. The molecule has 0 atom stereocenters. The van der Waals surface area contributed by atoms with Crippen molar-refractivity contribution in [3.63, 3.8) is 0 Å². The molecule has 1 aliphatic carbocycles. The van der Waals surface area contributed by atoms with Crippen LogP contribution in [0, 0.1) is 19.3 Å². The molecule has 3 nitrogen and oxygen atoms in total. The Morgan fingerprint density at radius 3 is 2.56 bits per heavy atom. The highest BCUT2D eigenvalue weighted by molar-refractivity contribution is 5.98. The zero-order chi connectivity index (χ0) is 13.3. The first-order chi connectivity index (χ1) is 8.50. The zero-order valence-electron chi connectivity index (χ0n) is 11.5. The summed E-state index contributed by atoms with van der Waals surface area (Å²) in [5, 5.41) is 0. The van der Waals surface area contributed by atoms with Gasteiger partial charge in [-0.05, 0) is 43.9 Å². The summed E-state index contributed by atoms with van der Waals surface area (Å²) in [7, 11) is 1.86. The Labute approximate surface area is 109 Å². The highest BCUT2D eigenvalue weighted by Crippen LogP contribution is 2.42. The number of carbonyl (C=O) groups is 1. The SMILES string of the molecule is Cc1ccc(C)c(N(C)C(=O)C2(CN)CCC2)c1. The van der Waals surface area contributed by atoms with Gasteiger partial charge in [-0.2, -0.15) is 0 Å². The van der Waals surface area contributed by atoms with Crippen LogP contribution in [0.3, 0.4) is 0 Å². The van der Waals surface area contributed by atoms with Crippen LogP contribution in [0.4, 0.5) is 5.69 Å². The molecule has 0 saturated heterocycles. The van der Waals surface area contributed by atoms with Gasteiger partial charge in [-0.15, -0.1) is 0 Å². The molecule has 0 radical (unpaired) electrons. The van der Waals surface area contributed by atoms with Gasteiger partial charge in [0.15, 0.2) is 0 Å². The zero-order valence-corrected chi connectivity index (χ0v) is 11.5. The molecule has 98 valence electrons. The van der Waals surface area contributed by atoms with Crippen molar-refractivity contribution < 1.29 is 4.79 Å². The van der Waals surface area contributed by atoms with E-state index in [1.807, 2.05) is 20.9 Å². The van der Waals surface area contributed by atoms with Crippen LogP contribution in [-0.4, -0.2) is 19.5 Å². The number of nitrogens with zero attached hydrogens (tertiary/aromatic N) is 1. The Hall–Kier alpha value is -1.35. The molecule has 1 saturated carbocycles. The molecule has 1 aromatic carbocycles. The lowest BCUT2D eigenvalue weighted by molar-refractivity contribution is -0.131. The number of aryl methyl sites for hydroxylation is 2. The molecule has 0 heterocycles. The molecule has 1 aliphatic rings. The van der Waals surface area contributed by atoms with E-state index in [9.17, 15) is 4.79 Å². The van der Waals surface area contributed by atoms with Crippen molar-refractivity contribution in [2.45, 2.75) is 33.1 Å². The molecular weight excluding hydrogens is 224 g/mol. The van der Waals surface area contributed by atoms with Crippen LogP contribution in [0.15, 0.2) is 18.2 Å². The van der Waals surface area contributed by atoms with E-state index >= 15 is 0 Å². The number of nitrogens with two attached hydrogens (primary N) is 1. The molecule has 0 spiro atoms. The lowest BCUT2D eigenvalue weighted by Gasteiger charge is -2.42. The van der Waals surface area contributed by atoms with Crippen molar-refractivity contribution in [3.8, 4) is 0 Å². The molecule has 0 unspecified atom stereocenters. The predicted octanol–water partition coefficient (Wildman–Crippen LogP) is 2.40. The summed E-state index contributed by atoms with van der Waals surface area (Å²) in [6, 6.07) is 6.19. The number of carbonyl (C=O) groups excluding carboxylic acids is 1. The van der Waals surface area contributed by atoms with Crippen LogP contribution in [-0.2, 0) is 4.79 Å². The first-order valence-corrected chi connectivity index (χ1v) is 6.56. The van der Waals surface area contributed by atoms with Crippen molar-refractivity contribution in [1.29, 1.82) is 0 Å². The minimum Gasteiger partial charge on any atom is -0.329 e. The molecule has 0 aliphatic heterocycles. The third kappa shape index (κ3) is 2.03. The normalized spacial score (nSPS) is 17.1. The summed E-state index contributed by atoms with van der Waals surface area (Å²) in [5.74, 6) is 0.171. The summed E-state index contributed by atoms with van der Waals surface area (Å²) < 4.78 is 0. The predicted molar refractivity (Wildman–Crippen MR) is 74.7 cm³/mol. The number of hydrogen-bond donors (Lipinski definition) is 1. The largest absolute Gasteiger partial charge is 0.329 e. The van der Waals surface area contributed by atoms with E-state index < -0.39 is 0 Å². The van der Waals surface area contributed by atoms with E-state index in [-0.39, 0.29) is 11.3 Å². The molecule has 2 N–H and O–H groups in total. The summed E-state index contributed by atoms with van der Waals surface area (Å²) in [4.78, 5) is 14.4. The second-order valence-corrected chi connectivity index (χ2v) is 5.49. The number of benzene rings is 1. The summed E-state index contributed by atoms with van der Waals surface area (Å²) in [6.07, 6.45) is 2.97. The number of rotatable bonds is 3. The quantitative estimate of drug-likeness (QED) is 0.890. The fourth-order valence-electron chi connectivity index (χ4n) is 2.65. The minimum atomic E-state index is -0.301. The second kappa shape index (κ2) is 4.73. The smallest absolute Gasteiger partial charge is 0.234 e. The van der Waals surface area contributed by atoms with E-state index in [0.717, 1.165) is 30.5 Å². The van der Waals surface area contributed by atoms with Crippen LogP contribution >= 0.6 is 0 Å². The highest BCUT2D eigenvalue weighted by atomic mass is 16.2. The van der Waals surface area contributed by atoms with Crippen LogP contribution in [0.25, 0.3) is 0 Å². The standard InChI is InChI=1S/C15H22N2O/c1-11-5-6-12(2)13(9-11)17(3)14(18)15(10-16)7-4-8-15/h5-6,9H,4,7-8,10,16H2,1-3H3. The van der Waals surface area contributed by atoms with Gasteiger partial charge in [-0.3, -0.25) is 4.79 Å². The Morgan fingerprint density at radius 1 is 1.39 bits per heavy atom. The molecule has 0 aromatic heterocycles. The van der Waals surface area contributed by atoms with Crippen molar-refractivity contribution in [2.75, 3.05) is 18.5 Å². The molecule has 18 heavy (non-hydrogen) atoms. The Kier molecular flexibility index (Phi) is 3.44. The maximum atomic E-state index is 12.6. The van der Waals surface area contributed by atoms with Gasteiger partial charge in [0.05, 0.1) is 5.41 Å². The topological polar surface area (TPSA) is 46.3 Å². The summed E-state index contributed by atoms with van der Waals surface area (Å²) >= 11 is 0. The third-order valence-electron chi connectivity index (χ3n) is 4.19. The molecule has 2 rings (SSSR count). The first kappa shape index (κ1) is 13.1. The lowest BCUT2D eigenvalue weighted by Crippen LogP contribution is -2.51. The summed E-state index contributed by atoms with van der Waals surface area (Å²) in [5.41, 5.74) is 8.80. The van der Waals surface area contributed by atoms with Gasteiger partial charge in [0.25, 0.3) is 0 Å². The van der Waals surface area contributed by atoms with E-state index in [1.54, 1.807) is 4.90 Å². The molecule has 1 amide bonds. The third-order valence-corrected chi connectivity index (χ3v) is 4.19. The average Bonchev–Trinajstić information content (AvgIpc) is 2.30. The molecule has 1 fully saturated rings. The maximum absolute atomic E-state index is 12.6. The van der Waals surface area contributed by atoms with Crippen molar-refractivity contribution in [2.24, 2.45) is 11.1 Å². The van der Waals surface area contributed by atoms with E-state index in [0.29, 0.717) is 6.54 Å². The number of amides is 1. The second-order valence-electron chi connectivity index (χ2n) is 5.49. The van der Waals surface area contributed by atoms with Gasteiger partial charge in [-0.25, -0.2) is 0 Å². The van der Waals surface area contributed by atoms with E-state index in [1.165, 1.54) is 5.56 Å². The summed E-state index contributed by atoms with van der Waals surface area (Å²) in [6.45, 7) is 4.54. The van der Waals surface area contributed by atoms with Crippen LogP contribution < -0.4 is 10.6 Å². The van der Waals surface area contributed by atoms with Crippen molar-refractivity contribution >= 4 is 11.6 Å².